The van der Waals surface area contributed by atoms with E-state index in [1.54, 1.807) is 48.5 Å². The molecule has 0 aliphatic heterocycles. The highest BCUT2D eigenvalue weighted by Crippen LogP contribution is 2.19. The van der Waals surface area contributed by atoms with Crippen LogP contribution >= 0.6 is 0 Å². The van der Waals surface area contributed by atoms with Crippen molar-refractivity contribution in [2.75, 3.05) is 11.9 Å². The number of nitrogens with zero attached hydrogens (tertiary/aromatic N) is 2. The zero-order valence-corrected chi connectivity index (χ0v) is 18.6. The molecule has 174 valence electrons. The summed E-state index contributed by atoms with van der Waals surface area (Å²) in [6.07, 6.45) is 1.41. The summed E-state index contributed by atoms with van der Waals surface area (Å²) in [5.74, 6) is -0.0184. The molecule has 0 atom stereocenters. The van der Waals surface area contributed by atoms with Gasteiger partial charge in [0.05, 0.1) is 17.3 Å². The molecular weight excluding hydrogens is 438 g/mol. The van der Waals surface area contributed by atoms with Gasteiger partial charge in [0, 0.05) is 23.9 Å². The summed E-state index contributed by atoms with van der Waals surface area (Å²) in [7, 11) is 0. The van der Waals surface area contributed by atoms with Crippen LogP contribution in [0.4, 0.5) is 5.69 Å². The third-order valence-corrected chi connectivity index (χ3v) is 5.04. The van der Waals surface area contributed by atoms with Crippen LogP contribution in [0.1, 0.15) is 33.7 Å². The van der Waals surface area contributed by atoms with E-state index in [0.717, 1.165) is 17.9 Å². The summed E-state index contributed by atoms with van der Waals surface area (Å²) in [4.78, 5) is 41.1. The second-order valence-electron chi connectivity index (χ2n) is 7.36. The quantitative estimate of drug-likeness (QED) is 0.363. The third kappa shape index (κ3) is 5.07. The largest absolute Gasteiger partial charge is 0.484 e. The van der Waals surface area contributed by atoms with Crippen molar-refractivity contribution in [2.24, 2.45) is 0 Å². The topological polar surface area (TPSA) is 127 Å². The van der Waals surface area contributed by atoms with Crippen LogP contribution in [0.25, 0.3) is 11.0 Å². The Morgan fingerprint density at radius 2 is 1.88 bits per heavy atom. The number of rotatable bonds is 7. The fourth-order valence-electron chi connectivity index (χ4n) is 3.44. The first-order valence-electron chi connectivity index (χ1n) is 10.6. The summed E-state index contributed by atoms with van der Waals surface area (Å²) >= 11 is 0. The van der Waals surface area contributed by atoms with Gasteiger partial charge in [-0.1, -0.05) is 6.07 Å². The van der Waals surface area contributed by atoms with Crippen LogP contribution < -0.4 is 20.9 Å². The number of hydrogen-bond acceptors (Lipinski definition) is 6. The van der Waals surface area contributed by atoms with Crippen LogP contribution in [0.3, 0.4) is 0 Å². The van der Waals surface area contributed by atoms with Gasteiger partial charge in [-0.3, -0.25) is 25.2 Å². The van der Waals surface area contributed by atoms with Gasteiger partial charge < -0.3 is 19.0 Å². The van der Waals surface area contributed by atoms with E-state index in [2.05, 4.69) is 21.2 Å². The molecule has 10 heteroatoms. The zero-order chi connectivity index (χ0) is 24.1. The number of carbonyl (C=O) groups excluding carboxylic acids is 3. The predicted octanol–water partition coefficient (Wildman–Crippen LogP) is 3.05. The Morgan fingerprint density at radius 1 is 1.03 bits per heavy atom. The molecule has 0 unspecified atom stereocenters. The van der Waals surface area contributed by atoms with Gasteiger partial charge in [-0.15, -0.1) is 0 Å². The molecule has 10 nitrogen and oxygen atoms in total. The predicted molar refractivity (Wildman–Crippen MR) is 124 cm³/mol. The number of hydrogen-bond donors (Lipinski definition) is 3. The van der Waals surface area contributed by atoms with E-state index in [-0.39, 0.29) is 12.4 Å². The minimum absolute atomic E-state index is 0.175. The number of furan rings is 1. The highest BCUT2D eigenvalue weighted by Gasteiger charge is 2.13. The van der Waals surface area contributed by atoms with Crippen molar-refractivity contribution in [3.05, 3.63) is 78.0 Å². The van der Waals surface area contributed by atoms with Crippen LogP contribution in [-0.4, -0.2) is 33.9 Å². The van der Waals surface area contributed by atoms with Crippen LogP contribution in [0.5, 0.6) is 5.75 Å². The van der Waals surface area contributed by atoms with Gasteiger partial charge in [0.15, 0.2) is 12.4 Å². The number of amides is 3. The SMILES string of the molecule is CCn1c(C)nc2cc(C(=O)NNC(=O)COc3cccc(NC(=O)c4ccco4)c3)ccc21. The number of ether oxygens (including phenoxy) is 1. The fourth-order valence-corrected chi connectivity index (χ4v) is 3.44. The maximum Gasteiger partial charge on any atom is 0.291 e. The van der Waals surface area contributed by atoms with Crippen LogP contribution in [0, 0.1) is 6.92 Å². The monoisotopic (exact) mass is 461 g/mol. The summed E-state index contributed by atoms with van der Waals surface area (Å²) in [6.45, 7) is 4.38. The van der Waals surface area contributed by atoms with Gasteiger partial charge in [-0.25, -0.2) is 4.98 Å². The maximum absolute atomic E-state index is 12.4. The number of nitrogens with one attached hydrogen (secondary N) is 3. The van der Waals surface area contributed by atoms with E-state index < -0.39 is 17.7 Å². The molecule has 3 amide bonds. The first-order valence-corrected chi connectivity index (χ1v) is 10.6. The number of aryl methyl sites for hydroxylation is 2. The van der Waals surface area contributed by atoms with E-state index in [1.165, 1.54) is 6.26 Å². The fraction of sp³-hybridized carbons (Fsp3) is 0.167. The molecule has 4 rings (SSSR count). The smallest absolute Gasteiger partial charge is 0.291 e. The number of aromatic nitrogens is 2. The molecule has 0 aliphatic rings. The van der Waals surface area contributed by atoms with Gasteiger partial charge in [0.2, 0.25) is 0 Å². The minimum Gasteiger partial charge on any atom is -0.484 e. The van der Waals surface area contributed by atoms with Crippen LogP contribution in [0.2, 0.25) is 0 Å². The first kappa shape index (κ1) is 22.6. The lowest BCUT2D eigenvalue weighted by molar-refractivity contribution is -0.123. The van der Waals surface area contributed by atoms with Gasteiger partial charge in [-0.2, -0.15) is 0 Å². The summed E-state index contributed by atoms with van der Waals surface area (Å²) < 4.78 is 12.6. The average Bonchev–Trinajstić information content (AvgIpc) is 3.48. The maximum atomic E-state index is 12.4. The molecule has 3 N–H and O–H groups in total. The lowest BCUT2D eigenvalue weighted by Crippen LogP contribution is -2.43. The summed E-state index contributed by atoms with van der Waals surface area (Å²) in [6, 6.07) is 14.9. The molecule has 34 heavy (non-hydrogen) atoms. The molecule has 0 radical (unpaired) electrons. The van der Waals surface area contributed by atoms with Gasteiger partial charge >= 0.3 is 0 Å². The van der Waals surface area contributed by atoms with Crippen molar-refractivity contribution in [2.45, 2.75) is 20.4 Å². The van der Waals surface area contributed by atoms with Crippen molar-refractivity contribution in [1.82, 2.24) is 20.4 Å². The number of carbonyl (C=O) groups is 3. The van der Waals surface area contributed by atoms with Crippen molar-refractivity contribution < 1.29 is 23.5 Å². The molecular formula is C24H23N5O5. The van der Waals surface area contributed by atoms with Crippen LogP contribution in [-0.2, 0) is 11.3 Å². The Balaban J connectivity index is 1.28. The first-order chi connectivity index (χ1) is 16.4. The molecule has 0 bridgehead atoms. The highest BCUT2D eigenvalue weighted by molar-refractivity contribution is 6.02. The van der Waals surface area contributed by atoms with E-state index in [4.69, 9.17) is 9.15 Å². The molecule has 0 fully saturated rings. The number of anilines is 1. The summed E-state index contributed by atoms with van der Waals surface area (Å²) in [5.41, 5.74) is 7.18. The minimum atomic E-state index is -0.550. The Morgan fingerprint density at radius 3 is 2.65 bits per heavy atom. The van der Waals surface area contributed by atoms with E-state index >= 15 is 0 Å². The Bertz CT molecular complexity index is 1340. The van der Waals surface area contributed by atoms with Crippen LogP contribution in [0.15, 0.2) is 65.3 Å². The van der Waals surface area contributed by atoms with Crippen molar-refractivity contribution in [3.8, 4) is 5.75 Å². The number of benzene rings is 2. The molecule has 4 aromatic rings. The van der Waals surface area contributed by atoms with Gasteiger partial charge in [0.25, 0.3) is 17.7 Å². The number of fused-ring (bicyclic) bond motifs is 1. The average molecular weight is 461 g/mol. The van der Waals surface area contributed by atoms with E-state index in [1.807, 2.05) is 24.5 Å². The zero-order valence-electron chi connectivity index (χ0n) is 18.6. The lowest BCUT2D eigenvalue weighted by Gasteiger charge is -2.10. The summed E-state index contributed by atoms with van der Waals surface area (Å²) in [5, 5.41) is 2.68. The Labute approximate surface area is 194 Å². The molecule has 2 aromatic carbocycles. The Kier molecular flexibility index (Phi) is 6.58. The second-order valence-corrected chi connectivity index (χ2v) is 7.36. The second kappa shape index (κ2) is 9.90. The standard InChI is InChI=1S/C24H23N5O5/c1-3-29-15(2)25-19-12-16(9-10-20(19)29)23(31)28-27-22(30)14-34-18-7-4-6-17(13-18)26-24(32)21-8-5-11-33-21/h4-13H,3,14H2,1-2H3,(H,26,32)(H,27,30)(H,28,31). The van der Waals surface area contributed by atoms with Crippen molar-refractivity contribution >= 4 is 34.4 Å². The van der Waals surface area contributed by atoms with Gasteiger partial charge in [-0.05, 0) is 56.3 Å². The lowest BCUT2D eigenvalue weighted by atomic mass is 10.2. The molecule has 2 heterocycles. The molecule has 0 saturated heterocycles. The normalized spacial score (nSPS) is 10.6. The molecule has 2 aromatic heterocycles. The van der Waals surface area contributed by atoms with Crippen molar-refractivity contribution in [1.29, 1.82) is 0 Å². The number of hydrazine groups is 1. The number of imidazole rings is 1. The third-order valence-electron chi connectivity index (χ3n) is 5.04. The Hall–Kier alpha value is -4.60. The van der Waals surface area contributed by atoms with E-state index in [0.29, 0.717) is 22.5 Å². The van der Waals surface area contributed by atoms with E-state index in [9.17, 15) is 14.4 Å². The van der Waals surface area contributed by atoms with Gasteiger partial charge in [0.1, 0.15) is 11.6 Å². The molecule has 0 spiro atoms. The molecule has 0 aliphatic carbocycles. The molecule has 0 saturated carbocycles. The van der Waals surface area contributed by atoms with Crippen molar-refractivity contribution in [3.63, 3.8) is 0 Å². The highest BCUT2D eigenvalue weighted by atomic mass is 16.5.